The number of carbonyl (C=O) groups excluding carboxylic acids is 2. The topological polar surface area (TPSA) is 254 Å². The molecule has 6 heterocycles. The summed E-state index contributed by atoms with van der Waals surface area (Å²) in [5, 5.41) is 55.8. The molecule has 0 bridgehead atoms. The number of nitrogens with zero attached hydrogens (tertiary/aromatic N) is 10. The van der Waals surface area contributed by atoms with E-state index >= 15 is 0 Å². The van der Waals surface area contributed by atoms with Gasteiger partial charge in [-0.05, 0) is 86.3 Å². The predicted molar refractivity (Wildman–Crippen MR) is 242 cm³/mol. The van der Waals surface area contributed by atoms with Gasteiger partial charge in [0.05, 0.1) is 65.2 Å². The lowest BCUT2D eigenvalue weighted by Gasteiger charge is -2.17. The van der Waals surface area contributed by atoms with E-state index < -0.39 is 35.9 Å². The quantitative estimate of drug-likeness (QED) is 0.0796. The Morgan fingerprint density at radius 2 is 1.24 bits per heavy atom. The summed E-state index contributed by atoms with van der Waals surface area (Å²) < 4.78 is 28.7. The number of primary amides is 1. The molecule has 66 heavy (non-hydrogen) atoms. The maximum atomic E-state index is 13.3. The van der Waals surface area contributed by atoms with Crippen LogP contribution in [0, 0.1) is 11.6 Å². The van der Waals surface area contributed by atoms with Crippen molar-refractivity contribution in [3.63, 3.8) is 0 Å². The van der Waals surface area contributed by atoms with Gasteiger partial charge in [0.15, 0.2) is 5.78 Å². The number of nitrogens with two attached hydrogens (primary N) is 1. The number of carbonyl (C=O) groups is 2. The first-order valence-corrected chi connectivity index (χ1v) is 20.8. The summed E-state index contributed by atoms with van der Waals surface area (Å²) in [4.78, 5) is 39.7. The van der Waals surface area contributed by atoms with E-state index in [1.165, 1.54) is 25.1 Å². The first-order chi connectivity index (χ1) is 31.3. The third-order valence-electron chi connectivity index (χ3n) is 10.6. The van der Waals surface area contributed by atoms with Gasteiger partial charge in [-0.2, -0.15) is 0 Å². The number of benzene rings is 2. The van der Waals surface area contributed by atoms with Gasteiger partial charge in [-0.15, -0.1) is 10.2 Å². The molecule has 17 nitrogen and oxygen atoms in total. The Bertz CT molecular complexity index is 3000. The van der Waals surface area contributed by atoms with Gasteiger partial charge in [-0.1, -0.05) is 60.1 Å². The monoisotopic (exact) mass is 919 g/mol. The predicted octanol–water partition coefficient (Wildman–Crippen LogP) is 5.04. The molecule has 0 spiro atoms. The molecule has 0 saturated carbocycles. The van der Waals surface area contributed by atoms with Crippen LogP contribution in [0.2, 0.25) is 5.02 Å². The zero-order chi connectivity index (χ0) is 47.9. The minimum atomic E-state index is -1.62. The molecule has 8 rings (SSSR count). The molecule has 0 unspecified atom stereocenters. The summed E-state index contributed by atoms with van der Waals surface area (Å²) in [6.45, 7) is 9.50. The van der Waals surface area contributed by atoms with Gasteiger partial charge in [-0.3, -0.25) is 19.6 Å². The summed E-state index contributed by atoms with van der Waals surface area (Å²) in [6, 6.07) is 19.7. The normalized spacial score (nSPS) is 12.9. The number of hydrogen-bond donors (Lipinski definition) is 5. The summed E-state index contributed by atoms with van der Waals surface area (Å²) in [6.07, 6.45) is 6.58. The number of amides is 1. The van der Waals surface area contributed by atoms with Gasteiger partial charge >= 0.3 is 7.12 Å². The van der Waals surface area contributed by atoms with Crippen LogP contribution in [-0.4, -0.2) is 89.0 Å². The molecule has 6 N–H and O–H groups in total. The van der Waals surface area contributed by atoms with Gasteiger partial charge in [0.2, 0.25) is 0 Å². The van der Waals surface area contributed by atoms with Crippen LogP contribution < -0.4 is 11.3 Å². The molecule has 0 aliphatic heterocycles. The van der Waals surface area contributed by atoms with Crippen LogP contribution >= 0.6 is 11.6 Å². The van der Waals surface area contributed by atoms with Gasteiger partial charge < -0.3 is 26.0 Å². The van der Waals surface area contributed by atoms with E-state index in [9.17, 15) is 28.6 Å². The van der Waals surface area contributed by atoms with Crippen molar-refractivity contribution < 1.29 is 38.6 Å². The lowest BCUT2D eigenvalue weighted by molar-refractivity contribution is 0.0480. The first-order valence-electron chi connectivity index (χ1n) is 20.5. The molecule has 0 aliphatic rings. The lowest BCUT2D eigenvalue weighted by Crippen LogP contribution is -2.32. The fraction of sp³-hybridized carbons (Fsp3) is 0.244. The number of aliphatic hydroxyl groups is 2. The third kappa shape index (κ3) is 11.8. The second-order valence-corrected chi connectivity index (χ2v) is 16.1. The number of halogens is 3. The van der Waals surface area contributed by atoms with Gasteiger partial charge in [0, 0.05) is 23.3 Å². The second-order valence-electron chi connectivity index (χ2n) is 15.7. The second kappa shape index (κ2) is 20.5. The fourth-order valence-electron chi connectivity index (χ4n) is 6.28. The van der Waals surface area contributed by atoms with Crippen LogP contribution in [0.25, 0.3) is 33.1 Å². The smallest absolute Gasteiger partial charge is 0.422 e. The Morgan fingerprint density at radius 1 is 0.727 bits per heavy atom. The molecule has 0 fully saturated rings. The summed E-state index contributed by atoms with van der Waals surface area (Å²) in [5.74, 6) is -1.72. The van der Waals surface area contributed by atoms with Crippen molar-refractivity contribution >= 4 is 57.8 Å². The molecule has 1 amide bonds. The van der Waals surface area contributed by atoms with E-state index in [2.05, 4.69) is 40.6 Å². The highest BCUT2D eigenvalue weighted by atomic mass is 35.5. The highest BCUT2D eigenvalue weighted by Crippen LogP contribution is 2.30. The number of Topliss-reactive ketones (excluding diaryl/α,β-unsaturated/α-hetero) is 1. The molecule has 0 radical (unpaired) electrons. The number of fused-ring (bicyclic) bond motifs is 2. The van der Waals surface area contributed by atoms with Crippen LogP contribution in [0.3, 0.4) is 0 Å². The van der Waals surface area contributed by atoms with Crippen LogP contribution in [0.5, 0.6) is 0 Å². The van der Waals surface area contributed by atoms with E-state index in [1.807, 2.05) is 50.2 Å². The average molecular weight is 920 g/mol. The van der Waals surface area contributed by atoms with Crippen LogP contribution in [0.4, 0.5) is 8.78 Å². The lowest BCUT2D eigenvalue weighted by atomic mass is 9.86. The van der Waals surface area contributed by atoms with Crippen molar-refractivity contribution in [2.75, 3.05) is 0 Å². The van der Waals surface area contributed by atoms with Crippen molar-refractivity contribution in [2.24, 2.45) is 5.73 Å². The van der Waals surface area contributed by atoms with Gasteiger partial charge in [0.25, 0.3) is 5.91 Å². The molecular formula is C45H45BClF2N11O6. The molecular weight excluding hydrogens is 875 g/mol. The Kier molecular flexibility index (Phi) is 15.0. The number of aromatic nitrogens is 10. The molecule has 2 atom stereocenters. The van der Waals surface area contributed by atoms with Crippen molar-refractivity contribution in [2.45, 2.75) is 71.8 Å². The number of rotatable bonds is 12. The largest absolute Gasteiger partial charge is 0.508 e. The Balaban J connectivity index is 0.000000183. The Labute approximate surface area is 382 Å². The molecule has 6 aromatic heterocycles. The minimum absolute atomic E-state index is 0.0430. The molecule has 2 aromatic carbocycles. The van der Waals surface area contributed by atoms with Crippen LogP contribution in [-0.2, 0) is 24.3 Å². The Morgan fingerprint density at radius 3 is 1.71 bits per heavy atom. The van der Waals surface area contributed by atoms with Crippen molar-refractivity contribution in [3.8, 4) is 11.3 Å². The van der Waals surface area contributed by atoms with Gasteiger partial charge in [0.1, 0.15) is 45.6 Å². The molecule has 21 heteroatoms. The SMILES string of the molecule is CC[C@@](C)(O)c1cn(Cc2ccc3c(-c4ccc(F)cn4)cc(C(C)=O)nc3c2)nn1.CC[C@@](C)(O)c1cn(Cc2ccc3c(Cl)cc(C(N)=O)nc3c2)nn1.OB(O)c1ccc(F)cn1. The number of pyridine rings is 4. The van der Waals surface area contributed by atoms with Crippen molar-refractivity contribution in [1.29, 1.82) is 0 Å². The van der Waals surface area contributed by atoms with E-state index in [0.29, 0.717) is 70.3 Å². The maximum Gasteiger partial charge on any atom is 0.508 e. The number of hydrogen-bond acceptors (Lipinski definition) is 14. The fourth-order valence-corrected chi connectivity index (χ4v) is 6.54. The van der Waals surface area contributed by atoms with Crippen molar-refractivity contribution in [3.05, 3.63) is 148 Å². The highest BCUT2D eigenvalue weighted by Gasteiger charge is 2.25. The van der Waals surface area contributed by atoms with E-state index in [-0.39, 0.29) is 17.1 Å². The number of ketones is 1. The molecule has 0 saturated heterocycles. The van der Waals surface area contributed by atoms with Crippen LogP contribution in [0.15, 0.2) is 97.6 Å². The average Bonchev–Trinajstić information content (AvgIpc) is 3.98. The molecule has 0 aliphatic carbocycles. The van der Waals surface area contributed by atoms with E-state index in [4.69, 9.17) is 27.4 Å². The Hall–Kier alpha value is -6.97. The van der Waals surface area contributed by atoms with E-state index in [1.54, 1.807) is 47.7 Å². The summed E-state index contributed by atoms with van der Waals surface area (Å²) in [5.41, 5.74) is 9.06. The van der Waals surface area contributed by atoms with Crippen LogP contribution in [0.1, 0.15) is 91.0 Å². The zero-order valence-electron chi connectivity index (χ0n) is 36.4. The standard InChI is InChI=1S/C23H22FN5O2.C17H18ClN5O2.C5H5BFNO2/c1-4-23(3,31)22-13-29(28-27-22)12-15-5-7-17-18(19-8-6-16(24)11-25-19)10-20(14(2)30)26-21(17)9-15;1-3-17(2,25)15-9-23(22-21-15)8-10-4-5-11-12(18)7-14(16(19)24)20-13(11)6-10;7-4-1-2-5(6(9)10)8-3-4/h5-11,13,31H,4,12H2,1-3H3;4-7,9,25H,3,8H2,1-2H3,(H2,19,24);1-3,9-10H/t23-;17-;/m11./s1. The first kappa shape index (κ1) is 48.5. The minimum Gasteiger partial charge on any atom is -0.422 e. The highest BCUT2D eigenvalue weighted by molar-refractivity contribution is 6.57. The van der Waals surface area contributed by atoms with Gasteiger partial charge in [-0.25, -0.2) is 28.1 Å². The maximum absolute atomic E-state index is 13.3. The molecule has 8 aromatic rings. The zero-order valence-corrected chi connectivity index (χ0v) is 37.2. The molecule has 340 valence electrons. The summed E-state index contributed by atoms with van der Waals surface area (Å²) in [7, 11) is -1.62. The van der Waals surface area contributed by atoms with Crippen molar-refractivity contribution in [1.82, 2.24) is 49.9 Å². The third-order valence-corrected chi connectivity index (χ3v) is 10.9. The summed E-state index contributed by atoms with van der Waals surface area (Å²) >= 11 is 6.19. The van der Waals surface area contributed by atoms with E-state index in [0.717, 1.165) is 40.4 Å².